The van der Waals surface area contributed by atoms with Crippen molar-refractivity contribution < 1.29 is 9.00 Å². The van der Waals surface area contributed by atoms with Gasteiger partial charge in [0.05, 0.1) is 15.7 Å². The lowest BCUT2D eigenvalue weighted by Crippen LogP contribution is -2.29. The maximum atomic E-state index is 12.5. The SMILES string of the molecule is CC(C(=O)Nc1ccccc1)S(=O)c1cc(Br)ccc1N. The van der Waals surface area contributed by atoms with Crippen molar-refractivity contribution in [1.82, 2.24) is 0 Å². The Morgan fingerprint density at radius 1 is 1.24 bits per heavy atom. The summed E-state index contributed by atoms with van der Waals surface area (Å²) < 4.78 is 13.3. The summed E-state index contributed by atoms with van der Waals surface area (Å²) in [6.07, 6.45) is 0. The second-order valence-corrected chi connectivity index (χ2v) is 7.13. The predicted molar refractivity (Wildman–Crippen MR) is 89.5 cm³/mol. The molecule has 2 unspecified atom stereocenters. The molecule has 0 fully saturated rings. The molecule has 4 nitrogen and oxygen atoms in total. The third-order valence-corrected chi connectivity index (χ3v) is 5.06. The standard InChI is InChI=1S/C15H15BrN2O2S/c1-10(15(19)18-12-5-3-2-4-6-12)21(20)14-9-11(16)7-8-13(14)17/h2-10H,17H2,1H3,(H,18,19). The first-order chi connectivity index (χ1) is 9.99. The molecule has 0 aromatic heterocycles. The van der Waals surface area contributed by atoms with Crippen molar-refractivity contribution in [2.75, 3.05) is 11.1 Å². The van der Waals surface area contributed by atoms with Gasteiger partial charge in [0.2, 0.25) is 5.91 Å². The molecule has 2 rings (SSSR count). The number of nitrogen functional groups attached to an aromatic ring is 1. The molecule has 0 aliphatic rings. The molecule has 21 heavy (non-hydrogen) atoms. The van der Waals surface area contributed by atoms with E-state index in [1.54, 1.807) is 37.3 Å². The third-order valence-electron chi connectivity index (χ3n) is 2.92. The van der Waals surface area contributed by atoms with Crippen molar-refractivity contribution in [1.29, 1.82) is 0 Å². The van der Waals surface area contributed by atoms with Crippen LogP contribution in [0.4, 0.5) is 11.4 Å². The zero-order valence-corrected chi connectivity index (χ0v) is 13.8. The zero-order chi connectivity index (χ0) is 15.4. The number of nitrogens with one attached hydrogen (secondary N) is 1. The van der Waals surface area contributed by atoms with Gasteiger partial charge >= 0.3 is 0 Å². The van der Waals surface area contributed by atoms with E-state index >= 15 is 0 Å². The molecule has 0 aliphatic carbocycles. The van der Waals surface area contributed by atoms with Crippen LogP contribution in [0.25, 0.3) is 0 Å². The third kappa shape index (κ3) is 3.92. The second kappa shape index (κ2) is 6.87. The van der Waals surface area contributed by atoms with Crippen molar-refractivity contribution in [3.63, 3.8) is 0 Å². The molecular weight excluding hydrogens is 352 g/mol. The summed E-state index contributed by atoms with van der Waals surface area (Å²) in [4.78, 5) is 12.6. The van der Waals surface area contributed by atoms with Crippen molar-refractivity contribution in [3.05, 3.63) is 53.0 Å². The van der Waals surface area contributed by atoms with Gasteiger partial charge in [0, 0.05) is 15.8 Å². The van der Waals surface area contributed by atoms with E-state index < -0.39 is 16.0 Å². The number of rotatable bonds is 4. The van der Waals surface area contributed by atoms with Crippen LogP contribution in [0.1, 0.15) is 6.92 Å². The molecule has 0 saturated carbocycles. The van der Waals surface area contributed by atoms with Gasteiger partial charge in [-0.05, 0) is 37.3 Å². The van der Waals surface area contributed by atoms with Crippen LogP contribution in [0, 0.1) is 0 Å². The molecule has 0 saturated heterocycles. The maximum Gasteiger partial charge on any atom is 0.240 e. The summed E-state index contributed by atoms with van der Waals surface area (Å²) in [7, 11) is -1.52. The quantitative estimate of drug-likeness (QED) is 0.816. The highest BCUT2D eigenvalue weighted by atomic mass is 79.9. The van der Waals surface area contributed by atoms with Crippen LogP contribution in [0.5, 0.6) is 0 Å². The Hall–Kier alpha value is -1.66. The zero-order valence-electron chi connectivity index (χ0n) is 11.4. The average molecular weight is 367 g/mol. The number of nitrogens with two attached hydrogens (primary N) is 1. The fourth-order valence-corrected chi connectivity index (χ4v) is 3.43. The van der Waals surface area contributed by atoms with Crippen LogP contribution < -0.4 is 11.1 Å². The smallest absolute Gasteiger partial charge is 0.240 e. The van der Waals surface area contributed by atoms with E-state index in [1.165, 1.54) is 0 Å². The predicted octanol–water partition coefficient (Wildman–Crippen LogP) is 3.17. The highest BCUT2D eigenvalue weighted by Gasteiger charge is 2.23. The largest absolute Gasteiger partial charge is 0.398 e. The number of hydrogen-bond acceptors (Lipinski definition) is 3. The van der Waals surface area contributed by atoms with Gasteiger partial charge in [-0.25, -0.2) is 0 Å². The van der Waals surface area contributed by atoms with E-state index in [0.29, 0.717) is 16.3 Å². The van der Waals surface area contributed by atoms with Crippen molar-refractivity contribution in [3.8, 4) is 0 Å². The molecule has 2 atom stereocenters. The molecule has 6 heteroatoms. The highest BCUT2D eigenvalue weighted by molar-refractivity contribution is 9.10. The van der Waals surface area contributed by atoms with Gasteiger partial charge in [-0.1, -0.05) is 34.1 Å². The minimum Gasteiger partial charge on any atom is -0.398 e. The molecule has 2 aromatic carbocycles. The first-order valence-electron chi connectivity index (χ1n) is 6.30. The second-order valence-electron chi connectivity index (χ2n) is 4.48. The van der Waals surface area contributed by atoms with Crippen LogP contribution in [0.3, 0.4) is 0 Å². The van der Waals surface area contributed by atoms with E-state index in [-0.39, 0.29) is 5.91 Å². The minimum absolute atomic E-state index is 0.307. The molecular formula is C15H15BrN2O2S. The number of benzene rings is 2. The number of carbonyl (C=O) groups is 1. The van der Waals surface area contributed by atoms with Crippen LogP contribution in [-0.4, -0.2) is 15.4 Å². The molecule has 1 amide bonds. The number of hydrogen-bond donors (Lipinski definition) is 2. The number of anilines is 2. The molecule has 0 bridgehead atoms. The van der Waals surface area contributed by atoms with Gasteiger partial charge in [0.25, 0.3) is 0 Å². The minimum atomic E-state index is -1.52. The Labute approximate surface area is 134 Å². The molecule has 0 radical (unpaired) electrons. The van der Waals surface area contributed by atoms with Gasteiger partial charge in [-0.2, -0.15) is 0 Å². The van der Waals surface area contributed by atoms with Crippen molar-refractivity contribution in [2.45, 2.75) is 17.1 Å². The van der Waals surface area contributed by atoms with E-state index in [1.807, 2.05) is 18.2 Å². The van der Waals surface area contributed by atoms with Gasteiger partial charge in [-0.15, -0.1) is 0 Å². The average Bonchev–Trinajstić information content (AvgIpc) is 2.49. The lowest BCUT2D eigenvalue weighted by molar-refractivity contribution is -0.115. The monoisotopic (exact) mass is 366 g/mol. The van der Waals surface area contributed by atoms with Gasteiger partial charge in [-0.3, -0.25) is 9.00 Å². The first kappa shape index (κ1) is 15.7. The molecule has 0 spiro atoms. The summed E-state index contributed by atoms with van der Waals surface area (Å²) in [6.45, 7) is 1.62. The normalized spacial score (nSPS) is 13.4. The highest BCUT2D eigenvalue weighted by Crippen LogP contribution is 2.24. The van der Waals surface area contributed by atoms with E-state index in [4.69, 9.17) is 5.73 Å². The Morgan fingerprint density at radius 2 is 1.90 bits per heavy atom. The van der Waals surface area contributed by atoms with Crippen LogP contribution >= 0.6 is 15.9 Å². The van der Waals surface area contributed by atoms with E-state index in [0.717, 1.165) is 4.47 Å². The van der Waals surface area contributed by atoms with Crippen molar-refractivity contribution in [2.24, 2.45) is 0 Å². The van der Waals surface area contributed by atoms with Gasteiger partial charge < -0.3 is 11.1 Å². The van der Waals surface area contributed by atoms with Gasteiger partial charge in [0.1, 0.15) is 5.25 Å². The Balaban J connectivity index is 2.15. The molecule has 0 heterocycles. The lowest BCUT2D eigenvalue weighted by atomic mass is 10.3. The van der Waals surface area contributed by atoms with Crippen LogP contribution in [0.2, 0.25) is 0 Å². The molecule has 3 N–H and O–H groups in total. The number of para-hydroxylation sites is 1. The van der Waals surface area contributed by atoms with Crippen LogP contribution in [0.15, 0.2) is 57.9 Å². The van der Waals surface area contributed by atoms with Crippen molar-refractivity contribution >= 4 is 44.0 Å². The Bertz CT molecular complexity index is 677. The van der Waals surface area contributed by atoms with E-state index in [9.17, 15) is 9.00 Å². The fourth-order valence-electron chi connectivity index (χ4n) is 1.74. The number of amides is 1. The Morgan fingerprint density at radius 3 is 2.57 bits per heavy atom. The van der Waals surface area contributed by atoms with Gasteiger partial charge in [0.15, 0.2) is 0 Å². The lowest BCUT2D eigenvalue weighted by Gasteiger charge is -2.13. The first-order valence-corrected chi connectivity index (χ1v) is 8.31. The summed E-state index contributed by atoms with van der Waals surface area (Å²) in [5, 5.41) is 2.04. The molecule has 0 aliphatic heterocycles. The fraction of sp³-hybridized carbons (Fsp3) is 0.133. The Kier molecular flexibility index (Phi) is 5.14. The maximum absolute atomic E-state index is 12.5. The number of halogens is 1. The topological polar surface area (TPSA) is 72.2 Å². The summed E-state index contributed by atoms with van der Waals surface area (Å²) in [5.41, 5.74) is 6.92. The summed E-state index contributed by atoms with van der Waals surface area (Å²) >= 11 is 3.31. The molecule has 2 aromatic rings. The molecule has 110 valence electrons. The number of carbonyl (C=O) groups excluding carboxylic acids is 1. The van der Waals surface area contributed by atoms with E-state index in [2.05, 4.69) is 21.2 Å². The summed E-state index contributed by atoms with van der Waals surface area (Å²) in [5.74, 6) is -0.307. The summed E-state index contributed by atoms with van der Waals surface area (Å²) in [6, 6.07) is 14.2. The van der Waals surface area contributed by atoms with Crippen LogP contribution in [-0.2, 0) is 15.6 Å².